The van der Waals surface area contributed by atoms with Gasteiger partial charge in [0.05, 0.1) is 26.4 Å². The largest absolute Gasteiger partial charge is 0.472 e. The number of ether oxygens (including phenoxy) is 4. The van der Waals surface area contributed by atoms with E-state index < -0.39 is 97.5 Å². The van der Waals surface area contributed by atoms with Crippen molar-refractivity contribution in [1.29, 1.82) is 0 Å². The molecular formula is C72H140O17P2. The fourth-order valence-corrected chi connectivity index (χ4v) is 12.4. The number of unbranched alkanes of at least 4 members (excludes halogenated alkanes) is 36. The minimum absolute atomic E-state index is 0.103. The topological polar surface area (TPSA) is 237 Å². The number of carbonyl (C=O) groups excluding carboxylic acids is 4. The third-order valence-electron chi connectivity index (χ3n) is 17.4. The summed E-state index contributed by atoms with van der Waals surface area (Å²) >= 11 is 0. The molecule has 0 aliphatic rings. The van der Waals surface area contributed by atoms with Gasteiger partial charge in [-0.3, -0.25) is 37.3 Å². The molecule has 4 unspecified atom stereocenters. The summed E-state index contributed by atoms with van der Waals surface area (Å²) in [5.74, 6) is 0.210. The van der Waals surface area contributed by atoms with Gasteiger partial charge >= 0.3 is 39.5 Å². The smallest absolute Gasteiger partial charge is 0.462 e. The van der Waals surface area contributed by atoms with Crippen LogP contribution in [0.5, 0.6) is 0 Å². The molecule has 3 N–H and O–H groups in total. The van der Waals surface area contributed by atoms with Gasteiger partial charge in [0, 0.05) is 25.7 Å². The Hall–Kier alpha value is -1.94. The first-order chi connectivity index (χ1) is 43.8. The highest BCUT2D eigenvalue weighted by Crippen LogP contribution is 2.45. The normalized spacial score (nSPS) is 14.8. The van der Waals surface area contributed by atoms with Gasteiger partial charge in [0.2, 0.25) is 0 Å². The van der Waals surface area contributed by atoms with Crippen LogP contribution in [0.4, 0.5) is 0 Å². The lowest BCUT2D eigenvalue weighted by Gasteiger charge is -2.21. The Bertz CT molecular complexity index is 1790. The fourth-order valence-electron chi connectivity index (χ4n) is 10.8. The zero-order valence-corrected chi connectivity index (χ0v) is 61.1. The fraction of sp³-hybridized carbons (Fsp3) is 0.944. The van der Waals surface area contributed by atoms with E-state index in [9.17, 15) is 43.2 Å². The van der Waals surface area contributed by atoms with Crippen molar-refractivity contribution in [3.8, 4) is 0 Å². The van der Waals surface area contributed by atoms with E-state index in [-0.39, 0.29) is 25.7 Å². The maximum absolute atomic E-state index is 13.0. The average Bonchev–Trinajstić information content (AvgIpc) is 3.18. The Morgan fingerprint density at radius 2 is 0.560 bits per heavy atom. The van der Waals surface area contributed by atoms with E-state index >= 15 is 0 Å². The van der Waals surface area contributed by atoms with Gasteiger partial charge in [-0.15, -0.1) is 0 Å². The summed E-state index contributed by atoms with van der Waals surface area (Å²) in [5.41, 5.74) is 0. The van der Waals surface area contributed by atoms with Gasteiger partial charge in [0.15, 0.2) is 12.2 Å². The summed E-state index contributed by atoms with van der Waals surface area (Å²) in [4.78, 5) is 72.6. The van der Waals surface area contributed by atoms with Crippen LogP contribution in [0.15, 0.2) is 0 Å². The molecule has 0 amide bonds. The third-order valence-corrected chi connectivity index (χ3v) is 19.3. The maximum atomic E-state index is 13.0. The Labute approximate surface area is 556 Å². The molecule has 0 aliphatic carbocycles. The van der Waals surface area contributed by atoms with E-state index in [4.69, 9.17) is 37.0 Å². The first-order valence-electron chi connectivity index (χ1n) is 37.4. The number of phosphoric ester groups is 2. The highest BCUT2D eigenvalue weighted by atomic mass is 31.2. The van der Waals surface area contributed by atoms with Crippen molar-refractivity contribution >= 4 is 39.5 Å². The van der Waals surface area contributed by atoms with Crippen LogP contribution in [-0.2, 0) is 65.4 Å². The average molecular weight is 1340 g/mol. The lowest BCUT2D eigenvalue weighted by molar-refractivity contribution is -0.161. The summed E-state index contributed by atoms with van der Waals surface area (Å²) in [6, 6.07) is 0. The van der Waals surface area contributed by atoms with Crippen LogP contribution in [0.25, 0.3) is 0 Å². The predicted octanol–water partition coefficient (Wildman–Crippen LogP) is 20.6. The van der Waals surface area contributed by atoms with Gasteiger partial charge in [-0.25, -0.2) is 9.13 Å². The van der Waals surface area contributed by atoms with Crippen molar-refractivity contribution in [3.63, 3.8) is 0 Å². The van der Waals surface area contributed by atoms with E-state index in [1.807, 2.05) is 0 Å². The summed E-state index contributed by atoms with van der Waals surface area (Å²) in [5, 5.41) is 10.6. The summed E-state index contributed by atoms with van der Waals surface area (Å²) < 4.78 is 68.3. The molecule has 0 aromatic heterocycles. The third kappa shape index (κ3) is 63.9. The first kappa shape index (κ1) is 89.1. The molecular weight excluding hydrogens is 1200 g/mol. The van der Waals surface area contributed by atoms with Crippen molar-refractivity contribution < 1.29 is 80.2 Å². The van der Waals surface area contributed by atoms with Gasteiger partial charge in [-0.1, -0.05) is 312 Å². The van der Waals surface area contributed by atoms with E-state index in [0.717, 1.165) is 108 Å². The van der Waals surface area contributed by atoms with Crippen LogP contribution < -0.4 is 0 Å². The Kier molecular flexibility index (Phi) is 61.5. The molecule has 0 aromatic carbocycles. The summed E-state index contributed by atoms with van der Waals surface area (Å²) in [6.07, 6.45) is 47.2. The number of aliphatic hydroxyl groups excluding tert-OH is 1. The molecule has 0 saturated carbocycles. The second kappa shape index (κ2) is 62.8. The molecule has 0 bridgehead atoms. The standard InChI is InChI=1S/C72H140O17P2/c1-8-11-12-13-14-24-31-39-46-53-69(74)82-60-68(89-72(77)56-49-42-35-34-38-45-52-65(7)10-3)62-87-91(80,81)85-58-66(73)57-84-90(78,79)86-61-67(59-83-70(75)54-47-40-32-27-23-19-20-25-29-36-43-50-63(4)5)88-71(76)55-48-41-33-28-22-18-16-15-17-21-26-30-37-44-51-64(6)9-2/h63-68,73H,8-62H2,1-7H3,(H,78,79)(H,80,81)/t64?,65?,66-,67-,68-/m1/s1. The van der Waals surface area contributed by atoms with Gasteiger partial charge < -0.3 is 33.8 Å². The number of esters is 4. The molecule has 0 rings (SSSR count). The predicted molar refractivity (Wildman–Crippen MR) is 368 cm³/mol. The Morgan fingerprint density at radius 1 is 0.319 bits per heavy atom. The zero-order valence-electron chi connectivity index (χ0n) is 59.3. The molecule has 7 atom stereocenters. The van der Waals surface area contributed by atoms with Gasteiger partial charge in [-0.2, -0.15) is 0 Å². The van der Waals surface area contributed by atoms with E-state index in [2.05, 4.69) is 48.5 Å². The first-order valence-corrected chi connectivity index (χ1v) is 40.4. The molecule has 0 aliphatic heterocycles. The number of hydrogen-bond donors (Lipinski definition) is 3. The van der Waals surface area contributed by atoms with Gasteiger partial charge in [0.25, 0.3) is 0 Å². The van der Waals surface area contributed by atoms with Crippen molar-refractivity contribution in [2.45, 2.75) is 381 Å². The lowest BCUT2D eigenvalue weighted by atomic mass is 9.99. The number of phosphoric acid groups is 2. The minimum atomic E-state index is -4.95. The number of rotatable bonds is 70. The zero-order chi connectivity index (χ0) is 67.3. The van der Waals surface area contributed by atoms with E-state index in [0.29, 0.717) is 25.7 Å². The molecule has 0 aromatic rings. The second-order valence-corrected chi connectivity index (χ2v) is 29.8. The quantitative estimate of drug-likeness (QED) is 0.0222. The summed E-state index contributed by atoms with van der Waals surface area (Å²) in [6.45, 7) is 11.9. The van der Waals surface area contributed by atoms with Crippen molar-refractivity contribution in [3.05, 3.63) is 0 Å². The SMILES string of the molecule is CCCCCCCCCCCC(=O)OC[C@H](COP(=O)(O)OC[C@H](O)COP(=O)(O)OC[C@@H](COC(=O)CCCCCCCCCCCCCC(C)C)OC(=O)CCCCCCCCCCCCCCCCC(C)CC)OC(=O)CCCCCCCCC(C)CC. The van der Waals surface area contributed by atoms with Gasteiger partial charge in [-0.05, 0) is 43.4 Å². The van der Waals surface area contributed by atoms with E-state index in [1.165, 1.54) is 173 Å². The Morgan fingerprint density at radius 3 is 0.835 bits per heavy atom. The van der Waals surface area contributed by atoms with Crippen LogP contribution in [0, 0.1) is 17.8 Å². The van der Waals surface area contributed by atoms with Crippen molar-refractivity contribution in [1.82, 2.24) is 0 Å². The molecule has 0 fully saturated rings. The molecule has 0 radical (unpaired) electrons. The molecule has 19 heteroatoms. The van der Waals surface area contributed by atoms with Crippen molar-refractivity contribution in [2.75, 3.05) is 39.6 Å². The molecule has 0 spiro atoms. The highest BCUT2D eigenvalue weighted by molar-refractivity contribution is 7.47. The second-order valence-electron chi connectivity index (χ2n) is 26.9. The lowest BCUT2D eigenvalue weighted by Crippen LogP contribution is -2.30. The molecule has 17 nitrogen and oxygen atoms in total. The number of aliphatic hydroxyl groups is 1. The molecule has 0 saturated heterocycles. The van der Waals surface area contributed by atoms with Crippen LogP contribution in [-0.4, -0.2) is 96.7 Å². The Balaban J connectivity index is 5.23. The maximum Gasteiger partial charge on any atom is 0.472 e. The monoisotopic (exact) mass is 1340 g/mol. The highest BCUT2D eigenvalue weighted by Gasteiger charge is 2.30. The summed E-state index contributed by atoms with van der Waals surface area (Å²) in [7, 11) is -9.90. The van der Waals surface area contributed by atoms with Crippen LogP contribution in [0.3, 0.4) is 0 Å². The minimum Gasteiger partial charge on any atom is -0.462 e. The van der Waals surface area contributed by atoms with Crippen LogP contribution in [0.1, 0.15) is 363 Å². The van der Waals surface area contributed by atoms with Crippen LogP contribution >= 0.6 is 15.6 Å². The number of carbonyl (C=O) groups is 4. The van der Waals surface area contributed by atoms with Gasteiger partial charge in [0.1, 0.15) is 19.3 Å². The molecule has 0 heterocycles. The van der Waals surface area contributed by atoms with E-state index in [1.54, 1.807) is 0 Å². The van der Waals surface area contributed by atoms with Crippen molar-refractivity contribution in [2.24, 2.45) is 17.8 Å². The number of hydrogen-bond acceptors (Lipinski definition) is 15. The molecule has 540 valence electrons. The molecule has 91 heavy (non-hydrogen) atoms. The van der Waals surface area contributed by atoms with Crippen LogP contribution in [0.2, 0.25) is 0 Å².